The average molecular weight is 210 g/mol. The van der Waals surface area contributed by atoms with Crippen LogP contribution < -0.4 is 5.32 Å². The van der Waals surface area contributed by atoms with E-state index in [0.717, 1.165) is 12.3 Å². The quantitative estimate of drug-likeness (QED) is 0.764. The normalized spacial score (nSPS) is 28.9. The molecule has 3 amide bonds. The third kappa shape index (κ3) is 2.30. The Morgan fingerprint density at radius 3 is 2.73 bits per heavy atom. The molecular weight excluding hydrogens is 192 g/mol. The minimum absolute atomic E-state index is 0.0793. The van der Waals surface area contributed by atoms with Gasteiger partial charge in [-0.3, -0.25) is 10.1 Å². The number of rotatable bonds is 3. The predicted octanol–water partition coefficient (Wildman–Crippen LogP) is 1.36. The molecule has 4 nitrogen and oxygen atoms in total. The van der Waals surface area contributed by atoms with E-state index in [1.165, 1.54) is 12.8 Å². The van der Waals surface area contributed by atoms with Crippen molar-refractivity contribution in [2.24, 2.45) is 11.8 Å². The van der Waals surface area contributed by atoms with Crippen molar-refractivity contribution in [3.8, 4) is 0 Å². The number of carbonyl (C=O) groups is 2. The van der Waals surface area contributed by atoms with Gasteiger partial charge in [0.2, 0.25) is 5.91 Å². The van der Waals surface area contributed by atoms with Gasteiger partial charge in [0.15, 0.2) is 0 Å². The summed E-state index contributed by atoms with van der Waals surface area (Å²) in [5.41, 5.74) is 0. The number of hydrogen-bond donors (Lipinski definition) is 1. The smallest absolute Gasteiger partial charge is 0.321 e. The van der Waals surface area contributed by atoms with Crippen LogP contribution >= 0.6 is 0 Å². The van der Waals surface area contributed by atoms with Gasteiger partial charge in [-0.1, -0.05) is 19.8 Å². The topological polar surface area (TPSA) is 49.4 Å². The Labute approximate surface area is 90.0 Å². The highest BCUT2D eigenvalue weighted by Crippen LogP contribution is 2.34. The number of nitrogens with zero attached hydrogens (tertiary/aromatic N) is 1. The van der Waals surface area contributed by atoms with Gasteiger partial charge in [0, 0.05) is 12.6 Å². The summed E-state index contributed by atoms with van der Waals surface area (Å²) in [6.07, 6.45) is 3.68. The molecule has 0 aromatic carbocycles. The Balaban J connectivity index is 1.94. The summed E-state index contributed by atoms with van der Waals surface area (Å²) >= 11 is 0. The predicted molar refractivity (Wildman–Crippen MR) is 56.2 cm³/mol. The van der Waals surface area contributed by atoms with E-state index in [1.54, 1.807) is 4.90 Å². The third-order valence-corrected chi connectivity index (χ3v) is 3.31. The van der Waals surface area contributed by atoms with Crippen LogP contribution in [0.4, 0.5) is 4.79 Å². The zero-order valence-electron chi connectivity index (χ0n) is 9.32. The van der Waals surface area contributed by atoms with Crippen LogP contribution in [0.15, 0.2) is 0 Å². The number of imide groups is 1. The molecule has 1 heterocycles. The highest BCUT2D eigenvalue weighted by atomic mass is 16.2. The lowest BCUT2D eigenvalue weighted by molar-refractivity contribution is -0.125. The van der Waals surface area contributed by atoms with Crippen LogP contribution in [0, 0.1) is 11.8 Å². The fraction of sp³-hybridized carbons (Fsp3) is 0.818. The second-order valence-electron chi connectivity index (χ2n) is 4.88. The lowest BCUT2D eigenvalue weighted by Crippen LogP contribution is -2.56. The molecule has 1 saturated carbocycles. The molecule has 2 unspecified atom stereocenters. The molecule has 84 valence electrons. The SMILES string of the molecule is CC1CN(C(C)CC2CC2)C(=O)NC1=O. The van der Waals surface area contributed by atoms with Gasteiger partial charge in [0.05, 0.1) is 5.92 Å². The zero-order chi connectivity index (χ0) is 11.0. The summed E-state index contributed by atoms with van der Waals surface area (Å²) in [7, 11) is 0. The van der Waals surface area contributed by atoms with Gasteiger partial charge in [0.25, 0.3) is 0 Å². The molecule has 1 saturated heterocycles. The zero-order valence-corrected chi connectivity index (χ0v) is 9.32. The molecule has 2 aliphatic rings. The first-order chi connectivity index (χ1) is 7.08. The first-order valence-corrected chi connectivity index (χ1v) is 5.69. The van der Waals surface area contributed by atoms with Crippen molar-refractivity contribution in [2.45, 2.75) is 39.2 Å². The number of urea groups is 1. The first-order valence-electron chi connectivity index (χ1n) is 5.69. The summed E-state index contributed by atoms with van der Waals surface area (Å²) < 4.78 is 0. The van der Waals surface area contributed by atoms with Gasteiger partial charge < -0.3 is 4.90 Å². The van der Waals surface area contributed by atoms with Gasteiger partial charge in [-0.15, -0.1) is 0 Å². The minimum Gasteiger partial charge on any atom is -0.321 e. The van der Waals surface area contributed by atoms with Crippen LogP contribution in [0.5, 0.6) is 0 Å². The molecule has 0 aromatic rings. The molecule has 2 fully saturated rings. The van der Waals surface area contributed by atoms with Gasteiger partial charge >= 0.3 is 6.03 Å². The van der Waals surface area contributed by atoms with E-state index in [4.69, 9.17) is 0 Å². The van der Waals surface area contributed by atoms with E-state index in [9.17, 15) is 9.59 Å². The van der Waals surface area contributed by atoms with Crippen molar-refractivity contribution < 1.29 is 9.59 Å². The van der Waals surface area contributed by atoms with E-state index in [0.29, 0.717) is 6.54 Å². The van der Waals surface area contributed by atoms with Crippen LogP contribution in [0.2, 0.25) is 0 Å². The highest BCUT2D eigenvalue weighted by Gasteiger charge is 2.34. The van der Waals surface area contributed by atoms with Crippen molar-refractivity contribution in [1.82, 2.24) is 10.2 Å². The molecule has 0 radical (unpaired) electrons. The number of carbonyl (C=O) groups excluding carboxylic acids is 2. The summed E-state index contributed by atoms with van der Waals surface area (Å²) in [5, 5.41) is 2.40. The maximum Gasteiger partial charge on any atom is 0.324 e. The molecule has 1 aliphatic carbocycles. The third-order valence-electron chi connectivity index (χ3n) is 3.31. The van der Waals surface area contributed by atoms with Crippen LogP contribution in [0.25, 0.3) is 0 Å². The van der Waals surface area contributed by atoms with E-state index in [2.05, 4.69) is 12.2 Å². The second kappa shape index (κ2) is 3.83. The standard InChI is InChI=1S/C11H18N2O2/c1-7-6-13(11(15)12-10(7)14)8(2)5-9-3-4-9/h7-9H,3-6H2,1-2H3,(H,12,14,15). The Morgan fingerprint density at radius 1 is 1.47 bits per heavy atom. The molecule has 15 heavy (non-hydrogen) atoms. The maximum absolute atomic E-state index is 11.6. The largest absolute Gasteiger partial charge is 0.324 e. The molecular formula is C11H18N2O2. The first kappa shape index (κ1) is 10.5. The Morgan fingerprint density at radius 2 is 2.13 bits per heavy atom. The van der Waals surface area contributed by atoms with Crippen LogP contribution in [-0.2, 0) is 4.79 Å². The molecule has 0 aromatic heterocycles. The summed E-state index contributed by atoms with van der Waals surface area (Å²) in [6, 6.07) is 0.0410. The van der Waals surface area contributed by atoms with Crippen LogP contribution in [0.1, 0.15) is 33.1 Å². The number of nitrogens with one attached hydrogen (secondary N) is 1. The monoisotopic (exact) mass is 210 g/mol. The molecule has 2 atom stereocenters. The highest BCUT2D eigenvalue weighted by molar-refractivity contribution is 5.97. The van der Waals surface area contributed by atoms with Crippen LogP contribution in [-0.4, -0.2) is 29.4 Å². The molecule has 1 N–H and O–H groups in total. The van der Waals surface area contributed by atoms with E-state index in [-0.39, 0.29) is 23.9 Å². The Kier molecular flexibility index (Phi) is 2.67. The van der Waals surface area contributed by atoms with Crippen molar-refractivity contribution in [3.63, 3.8) is 0 Å². The number of amides is 3. The fourth-order valence-corrected chi connectivity index (χ4v) is 2.10. The minimum atomic E-state index is -0.216. The molecule has 4 heteroatoms. The van der Waals surface area contributed by atoms with Gasteiger partial charge in [-0.05, 0) is 19.3 Å². The van der Waals surface area contributed by atoms with Crippen molar-refractivity contribution in [2.75, 3.05) is 6.54 Å². The second-order valence-corrected chi connectivity index (χ2v) is 4.88. The summed E-state index contributed by atoms with van der Waals surface area (Å²) in [5.74, 6) is 0.583. The summed E-state index contributed by atoms with van der Waals surface area (Å²) in [4.78, 5) is 24.6. The van der Waals surface area contributed by atoms with Crippen molar-refractivity contribution in [1.29, 1.82) is 0 Å². The van der Waals surface area contributed by atoms with E-state index < -0.39 is 0 Å². The van der Waals surface area contributed by atoms with Crippen molar-refractivity contribution in [3.05, 3.63) is 0 Å². The lowest BCUT2D eigenvalue weighted by atomic mass is 10.0. The average Bonchev–Trinajstić information content (AvgIpc) is 2.95. The fourth-order valence-electron chi connectivity index (χ4n) is 2.10. The maximum atomic E-state index is 11.6. The molecule has 0 spiro atoms. The lowest BCUT2D eigenvalue weighted by Gasteiger charge is -2.35. The Hall–Kier alpha value is -1.06. The van der Waals surface area contributed by atoms with Gasteiger partial charge in [-0.25, -0.2) is 4.79 Å². The van der Waals surface area contributed by atoms with E-state index in [1.807, 2.05) is 6.92 Å². The van der Waals surface area contributed by atoms with E-state index >= 15 is 0 Å². The van der Waals surface area contributed by atoms with Gasteiger partial charge in [-0.2, -0.15) is 0 Å². The number of hydrogen-bond acceptors (Lipinski definition) is 2. The molecule has 1 aliphatic heterocycles. The van der Waals surface area contributed by atoms with Crippen molar-refractivity contribution >= 4 is 11.9 Å². The molecule has 0 bridgehead atoms. The molecule has 2 rings (SSSR count). The van der Waals surface area contributed by atoms with Gasteiger partial charge in [0.1, 0.15) is 0 Å². The Bertz CT molecular complexity index is 286. The summed E-state index contributed by atoms with van der Waals surface area (Å²) in [6.45, 7) is 4.50. The van der Waals surface area contributed by atoms with Crippen LogP contribution in [0.3, 0.4) is 0 Å².